The van der Waals surface area contributed by atoms with E-state index in [1.807, 2.05) is 20.8 Å². The molecule has 0 spiro atoms. The summed E-state index contributed by atoms with van der Waals surface area (Å²) in [5, 5.41) is 2.92. The van der Waals surface area contributed by atoms with Gasteiger partial charge in [0.25, 0.3) is 5.56 Å². The highest BCUT2D eigenvalue weighted by atomic mass is 16.1. The van der Waals surface area contributed by atoms with Crippen molar-refractivity contribution in [2.75, 3.05) is 0 Å². The second-order valence-electron chi connectivity index (χ2n) is 3.77. The molecule has 1 aromatic heterocycles. The van der Waals surface area contributed by atoms with Crippen molar-refractivity contribution in [1.82, 2.24) is 9.78 Å². The van der Waals surface area contributed by atoms with E-state index in [0.717, 1.165) is 5.56 Å². The molecule has 3 nitrogen and oxygen atoms in total. The number of H-pyrrole nitrogens is 1. The molecule has 1 rings (SSSR count). The minimum Gasteiger partial charge on any atom is -0.302 e. The summed E-state index contributed by atoms with van der Waals surface area (Å²) in [5.41, 5.74) is 0.683. The van der Waals surface area contributed by atoms with Crippen LogP contribution in [0.4, 0.5) is 0 Å². The van der Waals surface area contributed by atoms with E-state index in [2.05, 4.69) is 5.10 Å². The topological polar surface area (TPSA) is 37.8 Å². The number of nitrogens with one attached hydrogen (secondary N) is 1. The van der Waals surface area contributed by atoms with Crippen LogP contribution in [0.5, 0.6) is 0 Å². The molecular weight excluding hydrogens is 140 g/mol. The molecule has 0 aliphatic heterocycles. The van der Waals surface area contributed by atoms with E-state index in [1.165, 1.54) is 0 Å². The molecule has 1 aromatic rings. The third-order valence-electron chi connectivity index (χ3n) is 1.62. The first-order valence-electron chi connectivity index (χ1n) is 3.70. The summed E-state index contributed by atoms with van der Waals surface area (Å²) in [6.45, 7) is 7.78. The molecular formula is C8H14N2O. The van der Waals surface area contributed by atoms with Crippen LogP contribution in [-0.4, -0.2) is 9.78 Å². The van der Waals surface area contributed by atoms with Crippen LogP contribution >= 0.6 is 0 Å². The Morgan fingerprint density at radius 3 is 2.18 bits per heavy atom. The van der Waals surface area contributed by atoms with Crippen molar-refractivity contribution in [2.24, 2.45) is 0 Å². The van der Waals surface area contributed by atoms with Gasteiger partial charge in [0.05, 0.1) is 5.54 Å². The summed E-state index contributed by atoms with van der Waals surface area (Å²) in [5.74, 6) is 0. The number of aromatic nitrogens is 2. The van der Waals surface area contributed by atoms with E-state index >= 15 is 0 Å². The van der Waals surface area contributed by atoms with E-state index in [0.29, 0.717) is 0 Å². The predicted molar refractivity (Wildman–Crippen MR) is 44.8 cm³/mol. The Bertz CT molecular complexity index is 301. The summed E-state index contributed by atoms with van der Waals surface area (Å²) in [6, 6.07) is 0. The Hall–Kier alpha value is -0.990. The van der Waals surface area contributed by atoms with Gasteiger partial charge in [-0.1, -0.05) is 0 Å². The smallest absolute Gasteiger partial charge is 0.269 e. The lowest BCUT2D eigenvalue weighted by molar-refractivity contribution is 0.345. The second kappa shape index (κ2) is 2.26. The minimum atomic E-state index is -0.147. The van der Waals surface area contributed by atoms with Crippen LogP contribution in [0.2, 0.25) is 0 Å². The first-order chi connectivity index (χ1) is 4.93. The van der Waals surface area contributed by atoms with Gasteiger partial charge in [0.15, 0.2) is 0 Å². The second-order valence-corrected chi connectivity index (χ2v) is 3.77. The lowest BCUT2D eigenvalue weighted by Gasteiger charge is -2.18. The average Bonchev–Trinajstić information content (AvgIpc) is 2.11. The fraction of sp³-hybridized carbons (Fsp3) is 0.625. The summed E-state index contributed by atoms with van der Waals surface area (Å²) >= 11 is 0. The van der Waals surface area contributed by atoms with Gasteiger partial charge in [-0.2, -0.15) is 0 Å². The van der Waals surface area contributed by atoms with Gasteiger partial charge in [0.2, 0.25) is 0 Å². The van der Waals surface area contributed by atoms with Crippen molar-refractivity contribution in [2.45, 2.75) is 33.2 Å². The Kier molecular flexibility index (Phi) is 1.66. The fourth-order valence-corrected chi connectivity index (χ4v) is 0.956. The fourth-order valence-electron chi connectivity index (χ4n) is 0.956. The molecule has 0 atom stereocenters. The Balaban J connectivity index is 3.27. The highest BCUT2D eigenvalue weighted by Crippen LogP contribution is 2.08. The molecule has 11 heavy (non-hydrogen) atoms. The third-order valence-corrected chi connectivity index (χ3v) is 1.62. The largest absolute Gasteiger partial charge is 0.302 e. The molecule has 0 unspecified atom stereocenters. The lowest BCUT2D eigenvalue weighted by atomic mass is 10.1. The number of hydrogen-bond donors (Lipinski definition) is 1. The number of rotatable bonds is 0. The molecule has 0 aromatic carbocycles. The molecule has 1 N–H and O–H groups in total. The van der Waals surface area contributed by atoms with Crippen molar-refractivity contribution >= 4 is 0 Å². The third kappa shape index (κ3) is 1.37. The van der Waals surface area contributed by atoms with Gasteiger partial charge >= 0.3 is 0 Å². The summed E-state index contributed by atoms with van der Waals surface area (Å²) in [7, 11) is 0. The maximum atomic E-state index is 11.3. The van der Waals surface area contributed by atoms with Gasteiger partial charge in [0, 0.05) is 11.8 Å². The van der Waals surface area contributed by atoms with Crippen LogP contribution < -0.4 is 5.56 Å². The van der Waals surface area contributed by atoms with Crippen molar-refractivity contribution in [3.05, 3.63) is 22.1 Å². The van der Waals surface area contributed by atoms with Crippen LogP contribution in [0.1, 0.15) is 26.3 Å². The zero-order valence-electron chi connectivity index (χ0n) is 7.43. The zero-order chi connectivity index (χ0) is 8.65. The minimum absolute atomic E-state index is 0.0671. The van der Waals surface area contributed by atoms with Crippen molar-refractivity contribution in [1.29, 1.82) is 0 Å². The standard InChI is InChI=1S/C8H14N2O/c1-6-5-9-10(7(6)11)8(2,3)4/h5,9H,1-4H3. The molecule has 62 valence electrons. The average molecular weight is 154 g/mol. The number of nitrogens with zero attached hydrogens (tertiary/aromatic N) is 1. The van der Waals surface area contributed by atoms with Crippen molar-refractivity contribution in [3.63, 3.8) is 0 Å². The van der Waals surface area contributed by atoms with Gasteiger partial charge in [-0.3, -0.25) is 4.79 Å². The summed E-state index contributed by atoms with van der Waals surface area (Å²) < 4.78 is 1.63. The normalized spacial score (nSPS) is 12.0. The maximum absolute atomic E-state index is 11.3. The van der Waals surface area contributed by atoms with E-state index < -0.39 is 0 Å². The zero-order valence-corrected chi connectivity index (χ0v) is 7.43. The van der Waals surface area contributed by atoms with Crippen LogP contribution in [0.3, 0.4) is 0 Å². The van der Waals surface area contributed by atoms with Crippen molar-refractivity contribution in [3.8, 4) is 0 Å². The monoisotopic (exact) mass is 154 g/mol. The number of hydrogen-bond acceptors (Lipinski definition) is 1. The van der Waals surface area contributed by atoms with Crippen molar-refractivity contribution < 1.29 is 0 Å². The molecule has 0 saturated carbocycles. The SMILES string of the molecule is Cc1c[nH]n(C(C)(C)C)c1=O. The molecule has 0 radical (unpaired) electrons. The van der Waals surface area contributed by atoms with E-state index in [9.17, 15) is 4.79 Å². The molecule has 0 fully saturated rings. The van der Waals surface area contributed by atoms with E-state index in [-0.39, 0.29) is 11.1 Å². The molecule has 0 aliphatic carbocycles. The van der Waals surface area contributed by atoms with Gasteiger partial charge in [0.1, 0.15) is 0 Å². The van der Waals surface area contributed by atoms with Gasteiger partial charge in [-0.15, -0.1) is 0 Å². The lowest BCUT2D eigenvalue weighted by Crippen LogP contribution is -2.32. The molecule has 0 bridgehead atoms. The van der Waals surface area contributed by atoms with Gasteiger partial charge in [-0.25, -0.2) is 4.68 Å². The van der Waals surface area contributed by atoms with Crippen LogP contribution in [0.15, 0.2) is 11.0 Å². The molecule has 1 heterocycles. The Labute approximate surface area is 66.0 Å². The predicted octanol–water partition coefficient (Wildman–Crippen LogP) is 1.24. The first-order valence-corrected chi connectivity index (χ1v) is 3.70. The summed E-state index contributed by atoms with van der Waals surface area (Å²) in [6.07, 6.45) is 1.73. The van der Waals surface area contributed by atoms with E-state index in [1.54, 1.807) is 17.8 Å². The highest BCUT2D eigenvalue weighted by Gasteiger charge is 2.15. The Morgan fingerprint density at radius 1 is 1.45 bits per heavy atom. The first kappa shape index (κ1) is 8.11. The molecule has 0 saturated heterocycles. The van der Waals surface area contributed by atoms with Gasteiger partial charge < -0.3 is 5.10 Å². The van der Waals surface area contributed by atoms with Crippen LogP contribution in [0.25, 0.3) is 0 Å². The van der Waals surface area contributed by atoms with Crippen LogP contribution in [0, 0.1) is 6.92 Å². The summed E-state index contributed by atoms with van der Waals surface area (Å²) in [4.78, 5) is 11.3. The molecule has 0 aliphatic rings. The maximum Gasteiger partial charge on any atom is 0.269 e. The Morgan fingerprint density at radius 2 is 2.00 bits per heavy atom. The van der Waals surface area contributed by atoms with Crippen LogP contribution in [-0.2, 0) is 5.54 Å². The molecule has 0 amide bonds. The quantitative estimate of drug-likeness (QED) is 0.599. The molecule has 3 heteroatoms. The number of aryl methyl sites for hydroxylation is 1. The number of aromatic amines is 1. The highest BCUT2D eigenvalue weighted by molar-refractivity contribution is 5.02. The van der Waals surface area contributed by atoms with Gasteiger partial charge in [-0.05, 0) is 27.7 Å². The van der Waals surface area contributed by atoms with E-state index in [4.69, 9.17) is 0 Å².